The summed E-state index contributed by atoms with van der Waals surface area (Å²) in [6.07, 6.45) is 3.21. The molecule has 0 bridgehead atoms. The van der Waals surface area contributed by atoms with Gasteiger partial charge < -0.3 is 10.2 Å². The molecule has 0 amide bonds. The fourth-order valence-corrected chi connectivity index (χ4v) is 1.12. The predicted octanol–water partition coefficient (Wildman–Crippen LogP) is 1.18. The maximum absolute atomic E-state index is 5.69. The first kappa shape index (κ1) is 11.2. The standard InChI is InChI=1S/C9H15ClN4/c1-3-11-4-5-14(2)9-12-6-8(10)7-13-9/h6-7,11H,3-5H2,1-2H3. The number of rotatable bonds is 5. The Morgan fingerprint density at radius 1 is 1.43 bits per heavy atom. The molecule has 0 unspecified atom stereocenters. The molecule has 5 heteroatoms. The number of anilines is 1. The predicted molar refractivity (Wildman–Crippen MR) is 58.9 cm³/mol. The maximum atomic E-state index is 5.69. The fraction of sp³-hybridized carbons (Fsp3) is 0.556. The van der Waals surface area contributed by atoms with Crippen molar-refractivity contribution in [2.24, 2.45) is 0 Å². The van der Waals surface area contributed by atoms with Gasteiger partial charge in [-0.2, -0.15) is 0 Å². The van der Waals surface area contributed by atoms with E-state index in [9.17, 15) is 0 Å². The molecule has 1 N–H and O–H groups in total. The van der Waals surface area contributed by atoms with E-state index in [1.54, 1.807) is 12.4 Å². The average molecular weight is 215 g/mol. The molecular formula is C9H15ClN4. The van der Waals surface area contributed by atoms with Gasteiger partial charge in [0.25, 0.3) is 0 Å². The minimum Gasteiger partial charge on any atom is -0.343 e. The lowest BCUT2D eigenvalue weighted by molar-refractivity contribution is 0.698. The van der Waals surface area contributed by atoms with Crippen LogP contribution in [-0.2, 0) is 0 Å². The Bertz CT molecular complexity index is 262. The third-order valence-corrected chi connectivity index (χ3v) is 2.02. The summed E-state index contributed by atoms with van der Waals surface area (Å²) in [5.74, 6) is 0.701. The largest absolute Gasteiger partial charge is 0.343 e. The van der Waals surface area contributed by atoms with Gasteiger partial charge in [-0.1, -0.05) is 18.5 Å². The number of hydrogen-bond donors (Lipinski definition) is 1. The molecule has 1 aromatic heterocycles. The van der Waals surface area contributed by atoms with Gasteiger partial charge in [-0.05, 0) is 6.54 Å². The minimum atomic E-state index is 0.564. The van der Waals surface area contributed by atoms with E-state index in [-0.39, 0.29) is 0 Å². The summed E-state index contributed by atoms with van der Waals surface area (Å²) in [6, 6.07) is 0. The van der Waals surface area contributed by atoms with Crippen LogP contribution < -0.4 is 10.2 Å². The van der Waals surface area contributed by atoms with Gasteiger partial charge in [-0.3, -0.25) is 0 Å². The van der Waals surface area contributed by atoms with Crippen LogP contribution in [-0.4, -0.2) is 36.6 Å². The molecule has 4 nitrogen and oxygen atoms in total. The Balaban J connectivity index is 2.43. The van der Waals surface area contributed by atoms with Crippen molar-refractivity contribution in [3.63, 3.8) is 0 Å². The summed E-state index contributed by atoms with van der Waals surface area (Å²) in [7, 11) is 1.96. The third-order valence-electron chi connectivity index (χ3n) is 1.82. The molecule has 0 radical (unpaired) electrons. The van der Waals surface area contributed by atoms with Crippen LogP contribution in [0.5, 0.6) is 0 Å². The van der Waals surface area contributed by atoms with Gasteiger partial charge in [0.05, 0.1) is 17.4 Å². The van der Waals surface area contributed by atoms with Gasteiger partial charge in [-0.25, -0.2) is 9.97 Å². The van der Waals surface area contributed by atoms with Gasteiger partial charge in [0.2, 0.25) is 5.95 Å². The van der Waals surface area contributed by atoms with Gasteiger partial charge in [0, 0.05) is 20.1 Å². The van der Waals surface area contributed by atoms with Crippen molar-refractivity contribution in [3.05, 3.63) is 17.4 Å². The van der Waals surface area contributed by atoms with Crippen molar-refractivity contribution in [2.45, 2.75) is 6.92 Å². The molecule has 0 atom stereocenters. The van der Waals surface area contributed by atoms with Crippen molar-refractivity contribution < 1.29 is 0 Å². The van der Waals surface area contributed by atoms with Crippen molar-refractivity contribution >= 4 is 17.5 Å². The van der Waals surface area contributed by atoms with Crippen LogP contribution in [0.25, 0.3) is 0 Å². The van der Waals surface area contributed by atoms with E-state index in [1.165, 1.54) is 0 Å². The summed E-state index contributed by atoms with van der Waals surface area (Å²) < 4.78 is 0. The van der Waals surface area contributed by atoms with E-state index >= 15 is 0 Å². The number of nitrogens with one attached hydrogen (secondary N) is 1. The number of hydrogen-bond acceptors (Lipinski definition) is 4. The van der Waals surface area contributed by atoms with Gasteiger partial charge >= 0.3 is 0 Å². The Kier molecular flexibility index (Phi) is 4.62. The summed E-state index contributed by atoms with van der Waals surface area (Å²) in [5, 5.41) is 3.80. The lowest BCUT2D eigenvalue weighted by atomic mass is 10.5. The second-order valence-corrected chi connectivity index (χ2v) is 3.41. The quantitative estimate of drug-likeness (QED) is 0.748. The van der Waals surface area contributed by atoms with Crippen LogP contribution in [0, 0.1) is 0 Å². The number of halogens is 1. The van der Waals surface area contributed by atoms with Gasteiger partial charge in [-0.15, -0.1) is 0 Å². The normalized spacial score (nSPS) is 10.2. The van der Waals surface area contributed by atoms with Crippen LogP contribution in [0.15, 0.2) is 12.4 Å². The first-order valence-electron chi connectivity index (χ1n) is 4.63. The first-order valence-corrected chi connectivity index (χ1v) is 5.01. The van der Waals surface area contributed by atoms with Crippen molar-refractivity contribution in [1.82, 2.24) is 15.3 Å². The second kappa shape index (κ2) is 5.78. The average Bonchev–Trinajstić information content (AvgIpc) is 2.19. The van der Waals surface area contributed by atoms with E-state index in [4.69, 9.17) is 11.6 Å². The highest BCUT2D eigenvalue weighted by Gasteiger charge is 2.02. The highest BCUT2D eigenvalue weighted by atomic mass is 35.5. The zero-order chi connectivity index (χ0) is 10.4. The smallest absolute Gasteiger partial charge is 0.225 e. The molecule has 0 aliphatic carbocycles. The lowest BCUT2D eigenvalue weighted by Gasteiger charge is -2.16. The molecule has 1 heterocycles. The summed E-state index contributed by atoms with van der Waals surface area (Å²) in [6.45, 7) is 4.88. The Morgan fingerprint density at radius 2 is 2.07 bits per heavy atom. The van der Waals surface area contributed by atoms with E-state index in [0.717, 1.165) is 19.6 Å². The Morgan fingerprint density at radius 3 is 2.64 bits per heavy atom. The molecule has 78 valence electrons. The summed E-state index contributed by atoms with van der Waals surface area (Å²) >= 11 is 5.69. The van der Waals surface area contributed by atoms with E-state index in [2.05, 4.69) is 22.2 Å². The third kappa shape index (κ3) is 3.47. The molecule has 0 aliphatic heterocycles. The molecular weight excluding hydrogens is 200 g/mol. The number of nitrogens with zero attached hydrogens (tertiary/aromatic N) is 3. The molecule has 1 aromatic rings. The topological polar surface area (TPSA) is 41.0 Å². The molecule has 14 heavy (non-hydrogen) atoms. The van der Waals surface area contributed by atoms with Crippen LogP contribution in [0.4, 0.5) is 5.95 Å². The van der Waals surface area contributed by atoms with E-state index in [1.807, 2.05) is 11.9 Å². The SMILES string of the molecule is CCNCCN(C)c1ncc(Cl)cn1. The van der Waals surface area contributed by atoms with E-state index < -0.39 is 0 Å². The molecule has 0 fully saturated rings. The van der Waals surface area contributed by atoms with Crippen molar-refractivity contribution in [2.75, 3.05) is 31.6 Å². The first-order chi connectivity index (χ1) is 6.74. The van der Waals surface area contributed by atoms with Crippen molar-refractivity contribution in [3.8, 4) is 0 Å². The van der Waals surface area contributed by atoms with Crippen LogP contribution in [0.3, 0.4) is 0 Å². The zero-order valence-corrected chi connectivity index (χ0v) is 9.25. The second-order valence-electron chi connectivity index (χ2n) is 2.98. The highest BCUT2D eigenvalue weighted by molar-refractivity contribution is 6.30. The van der Waals surface area contributed by atoms with Gasteiger partial charge in [0.1, 0.15) is 0 Å². The molecule has 1 rings (SSSR count). The lowest BCUT2D eigenvalue weighted by Crippen LogP contribution is -2.29. The molecule has 0 saturated carbocycles. The molecule has 0 spiro atoms. The Labute approximate surface area is 89.3 Å². The van der Waals surface area contributed by atoms with Crippen LogP contribution >= 0.6 is 11.6 Å². The monoisotopic (exact) mass is 214 g/mol. The molecule has 0 aliphatic rings. The number of likely N-dealkylation sites (N-methyl/N-ethyl adjacent to an activating group) is 2. The van der Waals surface area contributed by atoms with Gasteiger partial charge in [0.15, 0.2) is 0 Å². The zero-order valence-electron chi connectivity index (χ0n) is 8.50. The Hall–Kier alpha value is -0.870. The minimum absolute atomic E-state index is 0.564. The van der Waals surface area contributed by atoms with Crippen molar-refractivity contribution in [1.29, 1.82) is 0 Å². The summed E-state index contributed by atoms with van der Waals surface area (Å²) in [4.78, 5) is 10.2. The summed E-state index contributed by atoms with van der Waals surface area (Å²) in [5.41, 5.74) is 0. The highest BCUT2D eigenvalue weighted by Crippen LogP contribution is 2.07. The molecule has 0 saturated heterocycles. The molecule has 0 aromatic carbocycles. The number of aromatic nitrogens is 2. The van der Waals surface area contributed by atoms with Crippen LogP contribution in [0.1, 0.15) is 6.92 Å². The van der Waals surface area contributed by atoms with E-state index in [0.29, 0.717) is 11.0 Å². The van der Waals surface area contributed by atoms with Crippen LogP contribution in [0.2, 0.25) is 5.02 Å². The maximum Gasteiger partial charge on any atom is 0.225 e. The fourth-order valence-electron chi connectivity index (χ4n) is 1.03.